The van der Waals surface area contributed by atoms with Crippen molar-refractivity contribution in [3.05, 3.63) is 81.1 Å². The van der Waals surface area contributed by atoms with Crippen molar-refractivity contribution < 1.29 is 22.4 Å². The fourth-order valence-electron chi connectivity index (χ4n) is 4.59. The number of anilines is 1. The fraction of sp³-hybridized carbons (Fsp3) is 0.259. The molecule has 42 heavy (non-hydrogen) atoms. The van der Waals surface area contributed by atoms with E-state index in [9.17, 15) is 27.6 Å². The van der Waals surface area contributed by atoms with E-state index in [1.807, 2.05) is 0 Å². The van der Waals surface area contributed by atoms with Gasteiger partial charge >= 0.3 is 11.1 Å². The molecule has 0 unspecified atom stereocenters. The van der Waals surface area contributed by atoms with Crippen LogP contribution in [0.3, 0.4) is 0 Å². The standard InChI is InChI=1S/C27H29N7O7S/c28-9-8-20(27(38)34-12-10-29-11-13-34)31-24(35)23-7-6-22(41-23)16-2-1-3-17(14-16)33-42(39,40)18-4-5-19-21(15-18)32-26(37)25(36)30-19/h1-7,14-15,20,29,33H,8-13,28H2,(H,30,36)(H,31,35)(H,32,37)/t20-/m1/s1. The first-order valence-electron chi connectivity index (χ1n) is 13.1. The molecule has 1 aliphatic heterocycles. The minimum Gasteiger partial charge on any atom is -0.451 e. The quantitative estimate of drug-likeness (QED) is 0.145. The lowest BCUT2D eigenvalue weighted by Gasteiger charge is -2.31. The number of amides is 2. The van der Waals surface area contributed by atoms with Gasteiger partial charge in [-0.25, -0.2) is 8.42 Å². The Bertz CT molecular complexity index is 1860. The minimum atomic E-state index is -4.08. The van der Waals surface area contributed by atoms with Crippen LogP contribution in [-0.4, -0.2) is 73.9 Å². The monoisotopic (exact) mass is 595 g/mol. The molecule has 1 fully saturated rings. The van der Waals surface area contributed by atoms with E-state index in [0.29, 0.717) is 37.5 Å². The van der Waals surface area contributed by atoms with Crippen LogP contribution in [0.15, 0.2) is 73.5 Å². The van der Waals surface area contributed by atoms with Crippen molar-refractivity contribution in [3.63, 3.8) is 0 Å². The zero-order chi connectivity index (χ0) is 29.9. The van der Waals surface area contributed by atoms with Crippen LogP contribution in [0.2, 0.25) is 0 Å². The van der Waals surface area contributed by atoms with E-state index in [2.05, 4.69) is 25.3 Å². The van der Waals surface area contributed by atoms with Crippen molar-refractivity contribution in [1.82, 2.24) is 25.5 Å². The molecule has 0 radical (unpaired) electrons. The van der Waals surface area contributed by atoms with Crippen molar-refractivity contribution in [2.75, 3.05) is 37.4 Å². The normalized spacial score (nSPS) is 14.5. The predicted molar refractivity (Wildman–Crippen MR) is 155 cm³/mol. The number of aromatic amines is 2. The van der Waals surface area contributed by atoms with Crippen molar-refractivity contribution in [2.24, 2.45) is 5.73 Å². The molecule has 1 aliphatic rings. The van der Waals surface area contributed by atoms with E-state index >= 15 is 0 Å². The number of rotatable bonds is 9. The maximum Gasteiger partial charge on any atom is 0.314 e. The number of H-pyrrole nitrogens is 2. The van der Waals surface area contributed by atoms with Crippen LogP contribution >= 0.6 is 0 Å². The van der Waals surface area contributed by atoms with Crippen LogP contribution in [0.5, 0.6) is 0 Å². The summed E-state index contributed by atoms with van der Waals surface area (Å²) in [6.07, 6.45) is 0.273. The number of nitrogens with one attached hydrogen (secondary N) is 5. The van der Waals surface area contributed by atoms with Crippen LogP contribution in [0.4, 0.5) is 5.69 Å². The highest BCUT2D eigenvalue weighted by atomic mass is 32.2. The summed E-state index contributed by atoms with van der Waals surface area (Å²) in [4.78, 5) is 55.3. The molecule has 0 spiro atoms. The van der Waals surface area contributed by atoms with Crippen LogP contribution in [0, 0.1) is 0 Å². The predicted octanol–water partition coefficient (Wildman–Crippen LogP) is 0.156. The van der Waals surface area contributed by atoms with Gasteiger partial charge in [0, 0.05) is 37.4 Å². The van der Waals surface area contributed by atoms with Gasteiger partial charge in [0.1, 0.15) is 11.8 Å². The summed E-state index contributed by atoms with van der Waals surface area (Å²) in [6.45, 7) is 2.66. The highest BCUT2D eigenvalue weighted by Crippen LogP contribution is 2.27. The number of carbonyl (C=O) groups excluding carboxylic acids is 2. The van der Waals surface area contributed by atoms with Gasteiger partial charge in [-0.2, -0.15) is 0 Å². The number of hydrogen-bond donors (Lipinski definition) is 6. The largest absolute Gasteiger partial charge is 0.451 e. The van der Waals surface area contributed by atoms with Crippen molar-refractivity contribution in [1.29, 1.82) is 0 Å². The summed E-state index contributed by atoms with van der Waals surface area (Å²) in [7, 11) is -4.08. The molecule has 5 rings (SSSR count). The topological polar surface area (TPSA) is 212 Å². The average Bonchev–Trinajstić information content (AvgIpc) is 3.48. The third-order valence-corrected chi connectivity index (χ3v) is 8.10. The van der Waals surface area contributed by atoms with E-state index in [1.165, 1.54) is 36.4 Å². The number of carbonyl (C=O) groups is 2. The Kier molecular flexibility index (Phi) is 8.24. The number of sulfonamides is 1. The second-order valence-electron chi connectivity index (χ2n) is 9.64. The molecule has 7 N–H and O–H groups in total. The number of nitrogens with zero attached hydrogens (tertiary/aromatic N) is 1. The molecule has 1 atom stereocenters. The van der Waals surface area contributed by atoms with Crippen molar-refractivity contribution in [2.45, 2.75) is 17.4 Å². The van der Waals surface area contributed by atoms with Crippen molar-refractivity contribution in [3.8, 4) is 11.3 Å². The zero-order valence-corrected chi connectivity index (χ0v) is 23.1. The first kappa shape index (κ1) is 28.8. The van der Waals surface area contributed by atoms with Gasteiger partial charge in [0.05, 0.1) is 15.9 Å². The maximum absolute atomic E-state index is 13.1. The second kappa shape index (κ2) is 12.0. The Morgan fingerprint density at radius 2 is 1.71 bits per heavy atom. The molecule has 15 heteroatoms. The summed E-state index contributed by atoms with van der Waals surface area (Å²) in [5.41, 5.74) is 5.09. The number of nitrogens with two attached hydrogens (primary N) is 1. The van der Waals surface area contributed by atoms with E-state index < -0.39 is 33.1 Å². The van der Waals surface area contributed by atoms with Gasteiger partial charge in [0.25, 0.3) is 15.9 Å². The van der Waals surface area contributed by atoms with Crippen molar-refractivity contribution >= 4 is 38.6 Å². The van der Waals surface area contributed by atoms with Crippen LogP contribution < -0.4 is 32.2 Å². The molecule has 14 nitrogen and oxygen atoms in total. The molecule has 2 amide bonds. The summed E-state index contributed by atoms with van der Waals surface area (Å²) >= 11 is 0. The molecule has 1 saturated heterocycles. The first-order valence-corrected chi connectivity index (χ1v) is 14.6. The third-order valence-electron chi connectivity index (χ3n) is 6.72. The Morgan fingerprint density at radius 3 is 2.45 bits per heavy atom. The highest BCUT2D eigenvalue weighted by molar-refractivity contribution is 7.92. The lowest BCUT2D eigenvalue weighted by molar-refractivity contribution is -0.133. The minimum absolute atomic E-state index is 0.0192. The van der Waals surface area contributed by atoms with Gasteiger partial charge < -0.3 is 35.7 Å². The SMILES string of the molecule is NCC[C@@H](NC(=O)c1ccc(-c2cccc(NS(=O)(=O)c3ccc4[nH]c(=O)c(=O)[nH]c4c3)c2)o1)C(=O)N1CCNCC1. The van der Waals surface area contributed by atoms with E-state index in [-0.39, 0.29) is 46.2 Å². The number of aromatic nitrogens is 2. The molecule has 0 bridgehead atoms. The van der Waals surface area contributed by atoms with Gasteiger partial charge in [-0.15, -0.1) is 0 Å². The molecule has 3 heterocycles. The van der Waals surface area contributed by atoms with E-state index in [4.69, 9.17) is 10.2 Å². The Labute approximate surface area is 239 Å². The highest BCUT2D eigenvalue weighted by Gasteiger charge is 2.27. The second-order valence-corrected chi connectivity index (χ2v) is 11.3. The molecule has 2 aromatic carbocycles. The molecule has 2 aromatic heterocycles. The smallest absolute Gasteiger partial charge is 0.314 e. The summed E-state index contributed by atoms with van der Waals surface area (Å²) in [6, 6.07) is 12.5. The van der Waals surface area contributed by atoms with Gasteiger partial charge in [-0.1, -0.05) is 12.1 Å². The number of furan rings is 1. The van der Waals surface area contributed by atoms with Gasteiger partial charge in [0.15, 0.2) is 5.76 Å². The summed E-state index contributed by atoms with van der Waals surface area (Å²) < 4.78 is 34.4. The Balaban J connectivity index is 1.31. The van der Waals surface area contributed by atoms with E-state index in [1.54, 1.807) is 23.1 Å². The lowest BCUT2D eigenvalue weighted by Crippen LogP contribution is -2.54. The van der Waals surface area contributed by atoms with E-state index in [0.717, 1.165) is 0 Å². The first-order chi connectivity index (χ1) is 20.1. The Morgan fingerprint density at radius 1 is 0.976 bits per heavy atom. The van der Waals surface area contributed by atoms with Crippen LogP contribution in [0.1, 0.15) is 17.0 Å². The molecule has 220 valence electrons. The van der Waals surface area contributed by atoms with Crippen LogP contribution in [-0.2, 0) is 14.8 Å². The number of benzene rings is 2. The molecular weight excluding hydrogens is 566 g/mol. The lowest BCUT2D eigenvalue weighted by atomic mass is 10.1. The molecule has 0 saturated carbocycles. The van der Waals surface area contributed by atoms with Gasteiger partial charge in [0.2, 0.25) is 5.91 Å². The number of hydrogen-bond acceptors (Lipinski definition) is 9. The van der Waals surface area contributed by atoms with Gasteiger partial charge in [-0.05, 0) is 55.4 Å². The summed E-state index contributed by atoms with van der Waals surface area (Å²) in [5, 5.41) is 5.90. The Hall–Kier alpha value is -4.73. The maximum atomic E-state index is 13.1. The summed E-state index contributed by atoms with van der Waals surface area (Å²) in [5.74, 6) is -0.490. The third kappa shape index (κ3) is 6.27. The molecular formula is C27H29N7O7S. The zero-order valence-electron chi connectivity index (χ0n) is 22.3. The molecule has 0 aliphatic carbocycles. The number of piperazine rings is 1. The number of fused-ring (bicyclic) bond motifs is 1. The van der Waals surface area contributed by atoms with Crippen LogP contribution in [0.25, 0.3) is 22.4 Å². The molecule has 4 aromatic rings. The van der Waals surface area contributed by atoms with Gasteiger partial charge in [-0.3, -0.25) is 23.9 Å². The average molecular weight is 596 g/mol. The fourth-order valence-corrected chi connectivity index (χ4v) is 5.66.